The summed E-state index contributed by atoms with van der Waals surface area (Å²) in [6.45, 7) is 1.83. The highest BCUT2D eigenvalue weighted by Crippen LogP contribution is 2.32. The molecule has 3 aromatic carbocycles. The van der Waals surface area contributed by atoms with Gasteiger partial charge < -0.3 is 5.32 Å². The summed E-state index contributed by atoms with van der Waals surface area (Å²) in [6, 6.07) is 15.3. The minimum atomic E-state index is -0.350. The van der Waals surface area contributed by atoms with Gasteiger partial charge in [-0.1, -0.05) is 76.4 Å². The Morgan fingerprint density at radius 1 is 0.970 bits per heavy atom. The average molecular weight is 539 g/mol. The Hall–Kier alpha value is -2.22. The smallest absolute Gasteiger partial charge is 0.266 e. The van der Waals surface area contributed by atoms with Crippen LogP contribution in [0, 0.1) is 6.92 Å². The molecular weight excluding hydrogens is 524 g/mol. The number of amides is 1. The van der Waals surface area contributed by atoms with Crippen molar-refractivity contribution in [3.8, 4) is 5.69 Å². The summed E-state index contributed by atoms with van der Waals surface area (Å²) in [6.07, 6.45) is 0. The zero-order chi connectivity index (χ0) is 23.7. The predicted molar refractivity (Wildman–Crippen MR) is 138 cm³/mol. The minimum Gasteiger partial charge on any atom is -0.324 e. The van der Waals surface area contributed by atoms with E-state index in [0.29, 0.717) is 32.5 Å². The molecule has 33 heavy (non-hydrogen) atoms. The highest BCUT2D eigenvalue weighted by molar-refractivity contribution is 7.99. The lowest BCUT2D eigenvalue weighted by Crippen LogP contribution is -2.23. The molecule has 0 spiro atoms. The van der Waals surface area contributed by atoms with Gasteiger partial charge in [-0.2, -0.15) is 0 Å². The normalized spacial score (nSPS) is 11.1. The summed E-state index contributed by atoms with van der Waals surface area (Å²) >= 11 is 25.5. The van der Waals surface area contributed by atoms with Crippen molar-refractivity contribution in [2.24, 2.45) is 0 Å². The fourth-order valence-corrected chi connectivity index (χ4v) is 4.76. The number of nitrogens with one attached hydrogen (secondary N) is 1. The molecule has 4 rings (SSSR count). The number of rotatable bonds is 5. The van der Waals surface area contributed by atoms with Crippen molar-refractivity contribution in [1.29, 1.82) is 0 Å². The summed E-state index contributed by atoms with van der Waals surface area (Å²) in [5.41, 5.74) is 1.95. The number of anilines is 1. The first kappa shape index (κ1) is 23.9. The first-order valence-electron chi connectivity index (χ1n) is 9.60. The van der Waals surface area contributed by atoms with Crippen LogP contribution in [0.1, 0.15) is 5.56 Å². The third-order valence-electron chi connectivity index (χ3n) is 4.84. The van der Waals surface area contributed by atoms with Crippen LogP contribution in [0.15, 0.2) is 64.5 Å². The fourth-order valence-electron chi connectivity index (χ4n) is 3.19. The van der Waals surface area contributed by atoms with E-state index in [-0.39, 0.29) is 32.3 Å². The van der Waals surface area contributed by atoms with Gasteiger partial charge in [0.05, 0.1) is 43.1 Å². The molecule has 0 atom stereocenters. The summed E-state index contributed by atoms with van der Waals surface area (Å²) in [5.74, 6) is -0.377. The van der Waals surface area contributed by atoms with Crippen LogP contribution in [0.4, 0.5) is 5.69 Å². The fraction of sp³-hybridized carbons (Fsp3) is 0.0870. The Morgan fingerprint density at radius 3 is 2.48 bits per heavy atom. The highest BCUT2D eigenvalue weighted by Gasteiger charge is 2.17. The van der Waals surface area contributed by atoms with Crippen LogP contribution in [0.5, 0.6) is 0 Å². The maximum Gasteiger partial charge on any atom is 0.266 e. The quantitative estimate of drug-likeness (QED) is 0.168. The molecule has 1 amide bonds. The van der Waals surface area contributed by atoms with Crippen molar-refractivity contribution < 1.29 is 4.79 Å². The SMILES string of the molecule is Cc1c(Cl)cccc1-n1c(SCC(=O)Nc2cc(Cl)c(Cl)cc2Cl)nc2ccccc2c1=O. The number of para-hydroxylation sites is 1. The first-order chi connectivity index (χ1) is 15.8. The topological polar surface area (TPSA) is 64.0 Å². The number of aromatic nitrogens is 2. The van der Waals surface area contributed by atoms with Crippen molar-refractivity contribution in [3.63, 3.8) is 0 Å². The number of hydrogen-bond donors (Lipinski definition) is 1. The number of thioether (sulfide) groups is 1. The predicted octanol–water partition coefficient (Wildman–Crippen LogP) is 7.04. The zero-order valence-corrected chi connectivity index (χ0v) is 20.9. The van der Waals surface area contributed by atoms with Crippen molar-refractivity contribution in [2.75, 3.05) is 11.1 Å². The molecule has 1 N–H and O–H groups in total. The van der Waals surface area contributed by atoms with E-state index in [1.54, 1.807) is 42.5 Å². The molecule has 4 aromatic rings. The lowest BCUT2D eigenvalue weighted by Gasteiger charge is -2.16. The number of benzene rings is 3. The number of carbonyl (C=O) groups is 1. The van der Waals surface area contributed by atoms with Crippen molar-refractivity contribution in [3.05, 3.63) is 90.6 Å². The average Bonchev–Trinajstić information content (AvgIpc) is 2.78. The van der Waals surface area contributed by atoms with Crippen LogP contribution in [0.25, 0.3) is 16.6 Å². The standard InChI is InChI=1S/C23H15Cl4N3O2S/c1-12-14(24)6-4-8-20(12)30-22(32)13-5-2-3-7-18(13)29-23(30)33-11-21(31)28-19-10-16(26)15(25)9-17(19)27/h2-10H,11H2,1H3,(H,28,31). The first-order valence-corrected chi connectivity index (χ1v) is 12.1. The molecule has 0 aliphatic heterocycles. The van der Waals surface area contributed by atoms with E-state index in [4.69, 9.17) is 46.4 Å². The number of carbonyl (C=O) groups excluding carboxylic acids is 1. The summed E-state index contributed by atoms with van der Waals surface area (Å²) in [5, 5.41) is 4.88. The number of fused-ring (bicyclic) bond motifs is 1. The zero-order valence-electron chi connectivity index (χ0n) is 17.0. The van der Waals surface area contributed by atoms with Gasteiger partial charge in [0.2, 0.25) is 5.91 Å². The van der Waals surface area contributed by atoms with Crippen LogP contribution < -0.4 is 10.9 Å². The minimum absolute atomic E-state index is 0.0268. The molecular formula is C23H15Cl4N3O2S. The molecule has 168 valence electrons. The van der Waals surface area contributed by atoms with E-state index in [1.165, 1.54) is 16.7 Å². The summed E-state index contributed by atoms with van der Waals surface area (Å²) in [7, 11) is 0. The second kappa shape index (κ2) is 9.95. The lowest BCUT2D eigenvalue weighted by molar-refractivity contribution is -0.113. The lowest BCUT2D eigenvalue weighted by atomic mass is 10.2. The number of hydrogen-bond acceptors (Lipinski definition) is 4. The van der Waals surface area contributed by atoms with Crippen LogP contribution in [-0.2, 0) is 4.79 Å². The number of halogens is 4. The Labute approximate surface area is 213 Å². The molecule has 5 nitrogen and oxygen atoms in total. The van der Waals surface area contributed by atoms with Gasteiger partial charge >= 0.3 is 0 Å². The maximum atomic E-state index is 13.4. The van der Waals surface area contributed by atoms with E-state index in [1.807, 2.05) is 6.92 Å². The van der Waals surface area contributed by atoms with Gasteiger partial charge in [-0.15, -0.1) is 0 Å². The second-order valence-electron chi connectivity index (χ2n) is 7.02. The Kier molecular flexibility index (Phi) is 7.22. The van der Waals surface area contributed by atoms with Gasteiger partial charge in [0.1, 0.15) is 0 Å². The molecule has 1 heterocycles. The van der Waals surface area contributed by atoms with E-state index in [0.717, 1.165) is 17.3 Å². The molecule has 0 unspecified atom stereocenters. The van der Waals surface area contributed by atoms with Crippen LogP contribution in [0.2, 0.25) is 20.1 Å². The Balaban J connectivity index is 1.70. The molecule has 10 heteroatoms. The van der Waals surface area contributed by atoms with E-state index >= 15 is 0 Å². The monoisotopic (exact) mass is 537 g/mol. The van der Waals surface area contributed by atoms with Gasteiger partial charge in [0, 0.05) is 5.02 Å². The highest BCUT2D eigenvalue weighted by atomic mass is 35.5. The van der Waals surface area contributed by atoms with Crippen LogP contribution >= 0.6 is 58.2 Å². The largest absolute Gasteiger partial charge is 0.324 e. The molecule has 1 aromatic heterocycles. The van der Waals surface area contributed by atoms with Crippen molar-refractivity contribution >= 4 is 80.7 Å². The summed E-state index contributed by atoms with van der Waals surface area (Å²) in [4.78, 5) is 30.7. The van der Waals surface area contributed by atoms with E-state index < -0.39 is 0 Å². The molecule has 0 fully saturated rings. The van der Waals surface area contributed by atoms with Crippen molar-refractivity contribution in [2.45, 2.75) is 12.1 Å². The van der Waals surface area contributed by atoms with Crippen molar-refractivity contribution in [1.82, 2.24) is 9.55 Å². The van der Waals surface area contributed by atoms with E-state index in [2.05, 4.69) is 10.3 Å². The summed E-state index contributed by atoms with van der Waals surface area (Å²) < 4.78 is 1.48. The molecule has 0 saturated heterocycles. The Morgan fingerprint density at radius 2 is 1.70 bits per heavy atom. The third kappa shape index (κ3) is 5.00. The third-order valence-corrected chi connectivity index (χ3v) is 7.22. The molecule has 0 aliphatic carbocycles. The maximum absolute atomic E-state index is 13.4. The number of nitrogens with zero attached hydrogens (tertiary/aromatic N) is 2. The molecule has 0 bridgehead atoms. The van der Waals surface area contributed by atoms with Crippen LogP contribution in [-0.4, -0.2) is 21.2 Å². The molecule has 0 aliphatic rings. The van der Waals surface area contributed by atoms with Gasteiger partial charge in [0.15, 0.2) is 5.16 Å². The van der Waals surface area contributed by atoms with Gasteiger partial charge in [-0.05, 0) is 48.9 Å². The van der Waals surface area contributed by atoms with Gasteiger partial charge in [-0.3, -0.25) is 14.2 Å². The Bertz CT molecular complexity index is 1460. The van der Waals surface area contributed by atoms with Gasteiger partial charge in [0.25, 0.3) is 5.56 Å². The van der Waals surface area contributed by atoms with E-state index in [9.17, 15) is 9.59 Å². The van der Waals surface area contributed by atoms with Crippen LogP contribution in [0.3, 0.4) is 0 Å². The molecule has 0 radical (unpaired) electrons. The molecule has 0 saturated carbocycles. The second-order valence-corrected chi connectivity index (χ2v) is 9.59. The van der Waals surface area contributed by atoms with Gasteiger partial charge in [-0.25, -0.2) is 4.98 Å².